The van der Waals surface area contributed by atoms with Gasteiger partial charge in [0.25, 0.3) is 0 Å². The SMILES string of the molecule is CCOC(=O)C(Cc1cc(CCC(C)CNC(=O)OC(C)(C)C)no1)NC(C)=O. The molecular weight excluding hydrogens is 378 g/mol. The van der Waals surface area contributed by atoms with Gasteiger partial charge in [0.1, 0.15) is 17.4 Å². The van der Waals surface area contributed by atoms with Gasteiger partial charge in [-0.15, -0.1) is 0 Å². The molecule has 29 heavy (non-hydrogen) atoms. The molecule has 2 N–H and O–H groups in total. The summed E-state index contributed by atoms with van der Waals surface area (Å²) >= 11 is 0. The first kappa shape index (κ1) is 24.5. The van der Waals surface area contributed by atoms with Crippen molar-refractivity contribution >= 4 is 18.0 Å². The van der Waals surface area contributed by atoms with Gasteiger partial charge in [0.15, 0.2) is 0 Å². The minimum Gasteiger partial charge on any atom is -0.464 e. The molecule has 0 fully saturated rings. The van der Waals surface area contributed by atoms with Crippen LogP contribution in [-0.2, 0) is 31.9 Å². The molecule has 0 bridgehead atoms. The first-order valence-corrected chi connectivity index (χ1v) is 9.85. The molecule has 164 valence electrons. The Morgan fingerprint density at radius 2 is 1.97 bits per heavy atom. The summed E-state index contributed by atoms with van der Waals surface area (Å²) in [5.41, 5.74) is 0.220. The number of aryl methyl sites for hydroxylation is 1. The Balaban J connectivity index is 2.49. The average Bonchev–Trinajstić information content (AvgIpc) is 3.03. The number of amides is 2. The maximum Gasteiger partial charge on any atom is 0.407 e. The Labute approximate surface area is 171 Å². The topological polar surface area (TPSA) is 120 Å². The zero-order valence-electron chi connectivity index (χ0n) is 18.2. The summed E-state index contributed by atoms with van der Waals surface area (Å²) in [6, 6.07) is 0.951. The second kappa shape index (κ2) is 11.4. The number of alkyl carbamates (subject to hydrolysis) is 1. The van der Waals surface area contributed by atoms with Crippen molar-refractivity contribution in [1.82, 2.24) is 15.8 Å². The number of carbonyl (C=O) groups excluding carboxylic acids is 3. The summed E-state index contributed by atoms with van der Waals surface area (Å²) in [5, 5.41) is 9.33. The van der Waals surface area contributed by atoms with E-state index < -0.39 is 23.7 Å². The zero-order valence-corrected chi connectivity index (χ0v) is 18.2. The number of hydrogen-bond acceptors (Lipinski definition) is 7. The fourth-order valence-electron chi connectivity index (χ4n) is 2.52. The molecular formula is C20H33N3O6. The second-order valence-electron chi connectivity index (χ2n) is 8.02. The van der Waals surface area contributed by atoms with E-state index in [1.54, 1.807) is 13.0 Å². The Hall–Kier alpha value is -2.58. The lowest BCUT2D eigenvalue weighted by molar-refractivity contribution is -0.147. The van der Waals surface area contributed by atoms with Crippen LogP contribution in [0.2, 0.25) is 0 Å². The van der Waals surface area contributed by atoms with E-state index in [1.165, 1.54) is 6.92 Å². The Bertz CT molecular complexity index is 680. The fourth-order valence-corrected chi connectivity index (χ4v) is 2.52. The molecule has 0 aliphatic carbocycles. The molecule has 0 aliphatic rings. The fraction of sp³-hybridized carbons (Fsp3) is 0.700. The van der Waals surface area contributed by atoms with Crippen LogP contribution in [0.25, 0.3) is 0 Å². The summed E-state index contributed by atoms with van der Waals surface area (Å²) in [7, 11) is 0. The van der Waals surface area contributed by atoms with Crippen LogP contribution in [0.1, 0.15) is 59.4 Å². The zero-order chi connectivity index (χ0) is 22.0. The van der Waals surface area contributed by atoms with Gasteiger partial charge in [-0.2, -0.15) is 0 Å². The van der Waals surface area contributed by atoms with Crippen LogP contribution in [-0.4, -0.2) is 47.9 Å². The molecule has 0 spiro atoms. The molecule has 2 unspecified atom stereocenters. The summed E-state index contributed by atoms with van der Waals surface area (Å²) in [6.45, 7) is 11.2. The highest BCUT2D eigenvalue weighted by atomic mass is 16.6. The molecule has 0 aliphatic heterocycles. The van der Waals surface area contributed by atoms with Crippen molar-refractivity contribution in [1.29, 1.82) is 0 Å². The number of hydrogen-bond donors (Lipinski definition) is 2. The third-order valence-corrected chi connectivity index (χ3v) is 3.85. The van der Waals surface area contributed by atoms with Crippen LogP contribution in [0.3, 0.4) is 0 Å². The maximum absolute atomic E-state index is 12.0. The van der Waals surface area contributed by atoms with Gasteiger partial charge in [-0.25, -0.2) is 9.59 Å². The molecule has 9 nitrogen and oxygen atoms in total. The highest BCUT2D eigenvalue weighted by Crippen LogP contribution is 2.13. The summed E-state index contributed by atoms with van der Waals surface area (Å²) in [4.78, 5) is 35.0. The van der Waals surface area contributed by atoms with Gasteiger partial charge in [-0.05, 0) is 46.5 Å². The number of nitrogens with zero attached hydrogens (tertiary/aromatic N) is 1. The quantitative estimate of drug-likeness (QED) is 0.567. The Morgan fingerprint density at radius 1 is 1.28 bits per heavy atom. The lowest BCUT2D eigenvalue weighted by atomic mass is 10.0. The Kier molecular flexibility index (Phi) is 9.64. The van der Waals surface area contributed by atoms with Gasteiger partial charge in [-0.3, -0.25) is 4.79 Å². The molecule has 0 saturated heterocycles. The van der Waals surface area contributed by atoms with Crippen molar-refractivity contribution in [3.63, 3.8) is 0 Å². The highest BCUT2D eigenvalue weighted by molar-refractivity contribution is 5.83. The third-order valence-electron chi connectivity index (χ3n) is 3.85. The largest absolute Gasteiger partial charge is 0.464 e. The van der Waals surface area contributed by atoms with E-state index in [1.807, 2.05) is 27.7 Å². The molecule has 1 rings (SSSR count). The van der Waals surface area contributed by atoms with Crippen LogP contribution in [0.15, 0.2) is 10.6 Å². The average molecular weight is 411 g/mol. The van der Waals surface area contributed by atoms with Gasteiger partial charge in [-0.1, -0.05) is 12.1 Å². The molecule has 0 aromatic carbocycles. The van der Waals surface area contributed by atoms with E-state index in [9.17, 15) is 14.4 Å². The van der Waals surface area contributed by atoms with Gasteiger partial charge in [0.05, 0.1) is 12.3 Å². The van der Waals surface area contributed by atoms with Crippen LogP contribution in [0.5, 0.6) is 0 Å². The van der Waals surface area contributed by atoms with Crippen molar-refractivity contribution in [2.24, 2.45) is 5.92 Å². The Morgan fingerprint density at radius 3 is 2.55 bits per heavy atom. The van der Waals surface area contributed by atoms with E-state index in [4.69, 9.17) is 14.0 Å². The number of carbonyl (C=O) groups is 3. The van der Waals surface area contributed by atoms with E-state index >= 15 is 0 Å². The van der Waals surface area contributed by atoms with Crippen molar-refractivity contribution in [2.75, 3.05) is 13.2 Å². The lowest BCUT2D eigenvalue weighted by Gasteiger charge is -2.20. The molecule has 0 saturated carbocycles. The predicted molar refractivity (Wildman–Crippen MR) is 106 cm³/mol. The summed E-state index contributed by atoms with van der Waals surface area (Å²) in [6.07, 6.45) is 1.18. The van der Waals surface area contributed by atoms with Crippen LogP contribution in [0.4, 0.5) is 4.79 Å². The predicted octanol–water partition coefficient (Wildman–Crippen LogP) is 2.38. The number of nitrogens with one attached hydrogen (secondary N) is 2. The van der Waals surface area contributed by atoms with E-state index in [2.05, 4.69) is 15.8 Å². The lowest BCUT2D eigenvalue weighted by Crippen LogP contribution is -2.42. The van der Waals surface area contributed by atoms with E-state index in [0.29, 0.717) is 18.7 Å². The number of aromatic nitrogens is 1. The smallest absolute Gasteiger partial charge is 0.407 e. The van der Waals surface area contributed by atoms with Gasteiger partial charge >= 0.3 is 12.1 Å². The molecule has 1 heterocycles. The van der Waals surface area contributed by atoms with Gasteiger partial charge < -0.3 is 24.6 Å². The first-order chi connectivity index (χ1) is 13.5. The maximum atomic E-state index is 12.0. The minimum atomic E-state index is -0.815. The normalized spacial score (nSPS) is 13.3. The van der Waals surface area contributed by atoms with Crippen LogP contribution < -0.4 is 10.6 Å². The molecule has 1 aromatic heterocycles. The van der Waals surface area contributed by atoms with Crippen LogP contribution >= 0.6 is 0 Å². The number of rotatable bonds is 10. The molecule has 2 amide bonds. The van der Waals surface area contributed by atoms with Crippen molar-refractivity contribution in [3.05, 3.63) is 17.5 Å². The number of esters is 1. The monoisotopic (exact) mass is 411 g/mol. The molecule has 0 radical (unpaired) electrons. The van der Waals surface area contributed by atoms with Gasteiger partial charge in [0.2, 0.25) is 5.91 Å². The van der Waals surface area contributed by atoms with Gasteiger partial charge in [0, 0.05) is 26.0 Å². The minimum absolute atomic E-state index is 0.168. The highest BCUT2D eigenvalue weighted by Gasteiger charge is 2.23. The standard InChI is InChI=1S/C20H33N3O6/c1-7-27-18(25)17(22-14(3)24)11-16-10-15(23-29-16)9-8-13(2)12-21-19(26)28-20(4,5)6/h10,13,17H,7-9,11-12H2,1-6H3,(H,21,26)(H,22,24). The van der Waals surface area contributed by atoms with E-state index in [-0.39, 0.29) is 24.9 Å². The first-order valence-electron chi connectivity index (χ1n) is 9.85. The second-order valence-corrected chi connectivity index (χ2v) is 8.02. The molecule has 2 atom stereocenters. The number of ether oxygens (including phenoxy) is 2. The van der Waals surface area contributed by atoms with Crippen molar-refractivity contribution in [2.45, 2.75) is 72.4 Å². The summed E-state index contributed by atoms with van der Waals surface area (Å²) < 4.78 is 15.5. The molecule has 9 heteroatoms. The van der Waals surface area contributed by atoms with Crippen molar-refractivity contribution < 1.29 is 28.4 Å². The molecule has 1 aromatic rings. The third kappa shape index (κ3) is 10.5. The summed E-state index contributed by atoms with van der Waals surface area (Å²) in [5.74, 6) is -0.128. The van der Waals surface area contributed by atoms with E-state index in [0.717, 1.165) is 12.1 Å². The van der Waals surface area contributed by atoms with Crippen molar-refractivity contribution in [3.8, 4) is 0 Å². The van der Waals surface area contributed by atoms with Crippen LogP contribution in [0, 0.1) is 5.92 Å².